The lowest BCUT2D eigenvalue weighted by Crippen LogP contribution is -2.40. The molecule has 2 aromatic rings. The average molecular weight is 445 g/mol. The topological polar surface area (TPSA) is 75.7 Å². The standard InChI is InChI=1S/C19H22Cl2N2O4S/c1-27-11-3-10-22-19(24)14-23(13-15-4-2-5-17(21)12-15)28(25,26)18-8-6-16(20)7-9-18/h2,4-9,12H,3,10-11,13-14H2,1H3,(H,22,24). The van der Waals surface area contributed by atoms with Gasteiger partial charge in [0, 0.05) is 36.9 Å². The van der Waals surface area contributed by atoms with Gasteiger partial charge in [-0.25, -0.2) is 8.42 Å². The summed E-state index contributed by atoms with van der Waals surface area (Å²) in [5.41, 5.74) is 0.678. The molecule has 0 heterocycles. The van der Waals surface area contributed by atoms with E-state index in [1.165, 1.54) is 24.3 Å². The number of sulfonamides is 1. The Morgan fingerprint density at radius 3 is 2.46 bits per heavy atom. The van der Waals surface area contributed by atoms with E-state index in [9.17, 15) is 13.2 Å². The monoisotopic (exact) mass is 444 g/mol. The zero-order valence-corrected chi connectivity index (χ0v) is 17.7. The third-order valence-electron chi connectivity index (χ3n) is 3.87. The number of hydrogen-bond donors (Lipinski definition) is 1. The maximum atomic E-state index is 13.1. The third kappa shape index (κ3) is 6.76. The van der Waals surface area contributed by atoms with Crippen molar-refractivity contribution in [2.24, 2.45) is 0 Å². The highest BCUT2D eigenvalue weighted by atomic mass is 35.5. The summed E-state index contributed by atoms with van der Waals surface area (Å²) in [4.78, 5) is 12.4. The molecular weight excluding hydrogens is 423 g/mol. The number of benzene rings is 2. The van der Waals surface area contributed by atoms with E-state index in [1.54, 1.807) is 31.4 Å². The lowest BCUT2D eigenvalue weighted by atomic mass is 10.2. The van der Waals surface area contributed by atoms with E-state index >= 15 is 0 Å². The number of nitrogens with zero attached hydrogens (tertiary/aromatic N) is 1. The fourth-order valence-electron chi connectivity index (χ4n) is 2.48. The molecule has 0 aliphatic heterocycles. The molecule has 0 bridgehead atoms. The van der Waals surface area contributed by atoms with Crippen LogP contribution in [0.1, 0.15) is 12.0 Å². The Kier molecular flexibility index (Phi) is 8.72. The van der Waals surface area contributed by atoms with Crippen LogP contribution >= 0.6 is 23.2 Å². The van der Waals surface area contributed by atoms with E-state index in [0.717, 1.165) is 4.31 Å². The predicted molar refractivity (Wildman–Crippen MR) is 110 cm³/mol. The molecule has 28 heavy (non-hydrogen) atoms. The predicted octanol–water partition coefficient (Wildman–Crippen LogP) is 3.34. The number of rotatable bonds is 10. The summed E-state index contributed by atoms with van der Waals surface area (Å²) in [5.74, 6) is -0.393. The average Bonchev–Trinajstić information content (AvgIpc) is 2.65. The van der Waals surface area contributed by atoms with Crippen molar-refractivity contribution in [1.29, 1.82) is 0 Å². The maximum Gasteiger partial charge on any atom is 0.243 e. The number of nitrogens with one attached hydrogen (secondary N) is 1. The lowest BCUT2D eigenvalue weighted by molar-refractivity contribution is -0.121. The highest BCUT2D eigenvalue weighted by molar-refractivity contribution is 7.89. The molecule has 6 nitrogen and oxygen atoms in total. The number of methoxy groups -OCH3 is 1. The first-order chi connectivity index (χ1) is 13.3. The number of carbonyl (C=O) groups is 1. The number of carbonyl (C=O) groups excluding carboxylic acids is 1. The van der Waals surface area contributed by atoms with Gasteiger partial charge in [0.25, 0.3) is 0 Å². The van der Waals surface area contributed by atoms with Crippen LogP contribution in [0.3, 0.4) is 0 Å². The first-order valence-corrected chi connectivity index (χ1v) is 10.8. The minimum Gasteiger partial charge on any atom is -0.385 e. The van der Waals surface area contributed by atoms with Gasteiger partial charge in [-0.2, -0.15) is 4.31 Å². The summed E-state index contributed by atoms with van der Waals surface area (Å²) in [6, 6.07) is 12.7. The number of halogens is 2. The van der Waals surface area contributed by atoms with Crippen molar-refractivity contribution in [2.75, 3.05) is 26.8 Å². The van der Waals surface area contributed by atoms with Crippen molar-refractivity contribution in [3.63, 3.8) is 0 Å². The van der Waals surface area contributed by atoms with Crippen LogP contribution in [-0.2, 0) is 26.1 Å². The normalized spacial score (nSPS) is 11.6. The smallest absolute Gasteiger partial charge is 0.243 e. The molecule has 0 fully saturated rings. The van der Waals surface area contributed by atoms with Gasteiger partial charge >= 0.3 is 0 Å². The molecule has 0 aliphatic carbocycles. The largest absolute Gasteiger partial charge is 0.385 e. The fourth-order valence-corrected chi connectivity index (χ4v) is 4.20. The Bertz CT molecular complexity index is 889. The SMILES string of the molecule is COCCCNC(=O)CN(Cc1cccc(Cl)c1)S(=O)(=O)c1ccc(Cl)cc1. The third-order valence-corrected chi connectivity index (χ3v) is 6.16. The Labute approximate surface area is 175 Å². The molecule has 1 N–H and O–H groups in total. The quantitative estimate of drug-likeness (QED) is 0.570. The summed E-state index contributed by atoms with van der Waals surface area (Å²) in [5, 5.41) is 3.62. The van der Waals surface area contributed by atoms with Gasteiger partial charge in [0.1, 0.15) is 0 Å². The molecule has 0 spiro atoms. The number of hydrogen-bond acceptors (Lipinski definition) is 4. The number of amides is 1. The van der Waals surface area contributed by atoms with Gasteiger partial charge in [0.15, 0.2) is 0 Å². The molecule has 0 aromatic heterocycles. The van der Waals surface area contributed by atoms with Gasteiger partial charge in [-0.05, 0) is 48.4 Å². The van der Waals surface area contributed by atoms with Crippen molar-refractivity contribution >= 4 is 39.1 Å². The molecule has 1 amide bonds. The van der Waals surface area contributed by atoms with E-state index in [4.69, 9.17) is 27.9 Å². The zero-order chi connectivity index (χ0) is 20.6. The van der Waals surface area contributed by atoms with E-state index in [1.807, 2.05) is 0 Å². The van der Waals surface area contributed by atoms with Gasteiger partial charge in [-0.15, -0.1) is 0 Å². The summed E-state index contributed by atoms with van der Waals surface area (Å²) in [7, 11) is -2.34. The molecule has 0 saturated carbocycles. The molecule has 0 radical (unpaired) electrons. The highest BCUT2D eigenvalue weighted by Gasteiger charge is 2.27. The molecule has 0 saturated heterocycles. The highest BCUT2D eigenvalue weighted by Crippen LogP contribution is 2.21. The van der Waals surface area contributed by atoms with Gasteiger partial charge in [0.05, 0.1) is 11.4 Å². The maximum absolute atomic E-state index is 13.1. The van der Waals surface area contributed by atoms with Gasteiger partial charge < -0.3 is 10.1 Å². The van der Waals surface area contributed by atoms with Crippen molar-refractivity contribution in [1.82, 2.24) is 9.62 Å². The number of ether oxygens (including phenoxy) is 1. The summed E-state index contributed by atoms with van der Waals surface area (Å²) >= 11 is 11.9. The minimum absolute atomic E-state index is 0.0109. The Hall–Kier alpha value is -1.64. The van der Waals surface area contributed by atoms with E-state index in [2.05, 4.69) is 5.32 Å². The summed E-state index contributed by atoms with van der Waals surface area (Å²) in [6.07, 6.45) is 0.639. The molecule has 0 aliphatic rings. The van der Waals surface area contributed by atoms with Crippen LogP contribution in [0.15, 0.2) is 53.4 Å². The van der Waals surface area contributed by atoms with E-state index in [-0.39, 0.29) is 18.0 Å². The van der Waals surface area contributed by atoms with Gasteiger partial charge in [-0.1, -0.05) is 35.3 Å². The van der Waals surface area contributed by atoms with Crippen LogP contribution in [0.25, 0.3) is 0 Å². The molecule has 152 valence electrons. The van der Waals surface area contributed by atoms with E-state index in [0.29, 0.717) is 35.2 Å². The molecule has 0 atom stereocenters. The van der Waals surface area contributed by atoms with Crippen LogP contribution in [0.5, 0.6) is 0 Å². The first-order valence-electron chi connectivity index (χ1n) is 8.58. The first kappa shape index (κ1) is 22.6. The van der Waals surface area contributed by atoms with Crippen molar-refractivity contribution < 1.29 is 17.9 Å². The summed E-state index contributed by atoms with van der Waals surface area (Å²) in [6.45, 7) is 0.607. The Balaban J connectivity index is 2.22. The van der Waals surface area contributed by atoms with Crippen molar-refractivity contribution in [3.05, 3.63) is 64.1 Å². The van der Waals surface area contributed by atoms with Crippen LogP contribution in [0, 0.1) is 0 Å². The molecule has 2 aromatic carbocycles. The molecule has 0 unspecified atom stereocenters. The molecule has 2 rings (SSSR count). The van der Waals surface area contributed by atoms with Crippen LogP contribution in [-0.4, -0.2) is 45.4 Å². The van der Waals surface area contributed by atoms with Crippen LogP contribution < -0.4 is 5.32 Å². The summed E-state index contributed by atoms with van der Waals surface area (Å²) < 4.78 is 32.2. The Morgan fingerprint density at radius 2 is 1.82 bits per heavy atom. The van der Waals surface area contributed by atoms with Crippen molar-refractivity contribution in [3.8, 4) is 0 Å². The second kappa shape index (κ2) is 10.8. The van der Waals surface area contributed by atoms with Gasteiger partial charge in [0.2, 0.25) is 15.9 Å². The molecule has 9 heteroatoms. The second-order valence-corrected chi connectivity index (χ2v) is 8.86. The Morgan fingerprint density at radius 1 is 1.11 bits per heavy atom. The zero-order valence-electron chi connectivity index (χ0n) is 15.4. The lowest BCUT2D eigenvalue weighted by Gasteiger charge is -2.22. The van der Waals surface area contributed by atoms with Gasteiger partial charge in [-0.3, -0.25) is 4.79 Å². The fraction of sp³-hybridized carbons (Fsp3) is 0.316. The second-order valence-electron chi connectivity index (χ2n) is 6.05. The molecular formula is C19H22Cl2N2O4S. The van der Waals surface area contributed by atoms with Crippen LogP contribution in [0.4, 0.5) is 0 Å². The minimum atomic E-state index is -3.91. The van der Waals surface area contributed by atoms with E-state index < -0.39 is 15.9 Å². The van der Waals surface area contributed by atoms with Crippen LogP contribution in [0.2, 0.25) is 10.0 Å². The van der Waals surface area contributed by atoms with Crippen molar-refractivity contribution in [2.45, 2.75) is 17.9 Å².